The number of para-hydroxylation sites is 1. The molecule has 1 aliphatic carbocycles. The van der Waals surface area contributed by atoms with E-state index in [-0.39, 0.29) is 17.2 Å². The van der Waals surface area contributed by atoms with Crippen LogP contribution in [0.3, 0.4) is 0 Å². The van der Waals surface area contributed by atoms with Crippen molar-refractivity contribution in [3.63, 3.8) is 0 Å². The molecule has 0 radical (unpaired) electrons. The van der Waals surface area contributed by atoms with Gasteiger partial charge >= 0.3 is 0 Å². The summed E-state index contributed by atoms with van der Waals surface area (Å²) in [6, 6.07) is 17.4. The Balaban J connectivity index is 1.42. The van der Waals surface area contributed by atoms with Crippen LogP contribution in [0.4, 0.5) is 5.69 Å². The van der Waals surface area contributed by atoms with Gasteiger partial charge in [0.15, 0.2) is 5.16 Å². The summed E-state index contributed by atoms with van der Waals surface area (Å²) < 4.78 is 1.65. The van der Waals surface area contributed by atoms with Crippen LogP contribution >= 0.6 is 23.1 Å². The van der Waals surface area contributed by atoms with E-state index < -0.39 is 0 Å². The highest BCUT2D eigenvalue weighted by atomic mass is 32.2. The van der Waals surface area contributed by atoms with Gasteiger partial charge in [-0.15, -0.1) is 11.3 Å². The fourth-order valence-corrected chi connectivity index (χ4v) is 5.74. The molecule has 0 unspecified atom stereocenters. The minimum Gasteiger partial charge on any atom is -0.325 e. The van der Waals surface area contributed by atoms with E-state index in [4.69, 9.17) is 4.98 Å². The highest BCUT2D eigenvalue weighted by molar-refractivity contribution is 7.99. The van der Waals surface area contributed by atoms with Crippen molar-refractivity contribution in [3.05, 3.63) is 81.5 Å². The molecule has 1 N–H and O–H groups in total. The highest BCUT2D eigenvalue weighted by Crippen LogP contribution is 2.44. The number of hydrogen-bond acceptors (Lipinski definition) is 5. The number of thiophene rings is 1. The fourth-order valence-electron chi connectivity index (χ4n) is 3.87. The number of benzene rings is 2. The zero-order valence-electron chi connectivity index (χ0n) is 18.6. The molecular weight excluding hydrogens is 450 g/mol. The summed E-state index contributed by atoms with van der Waals surface area (Å²) in [7, 11) is 0. The Morgan fingerprint density at radius 2 is 1.88 bits per heavy atom. The van der Waals surface area contributed by atoms with E-state index in [1.807, 2.05) is 54.6 Å². The molecule has 0 saturated heterocycles. The molecule has 168 valence electrons. The maximum Gasteiger partial charge on any atom is 0.267 e. The lowest BCUT2D eigenvalue weighted by Crippen LogP contribution is -2.23. The molecule has 5 rings (SSSR count). The van der Waals surface area contributed by atoms with Crippen molar-refractivity contribution in [1.82, 2.24) is 9.55 Å². The van der Waals surface area contributed by atoms with Gasteiger partial charge in [0.1, 0.15) is 4.83 Å². The number of carbonyl (C=O) groups excluding carboxylic acids is 1. The van der Waals surface area contributed by atoms with Crippen molar-refractivity contribution in [3.8, 4) is 5.69 Å². The number of thioether (sulfide) groups is 1. The van der Waals surface area contributed by atoms with E-state index in [0.717, 1.165) is 40.0 Å². The van der Waals surface area contributed by atoms with Gasteiger partial charge in [-0.05, 0) is 65.4 Å². The minimum atomic E-state index is -0.129. The first kappa shape index (κ1) is 21.9. The first-order valence-electron chi connectivity index (χ1n) is 11.1. The van der Waals surface area contributed by atoms with Crippen molar-refractivity contribution in [1.29, 1.82) is 0 Å². The summed E-state index contributed by atoms with van der Waals surface area (Å²) in [4.78, 5) is 31.8. The SMILES string of the molecule is CC(C)c1ccc(NC(=O)CSc2nc3scc(C4CC4)c3c(=O)n2-c2ccccc2)cc1. The monoisotopic (exact) mass is 475 g/mol. The maximum absolute atomic E-state index is 13.6. The van der Waals surface area contributed by atoms with E-state index in [9.17, 15) is 9.59 Å². The van der Waals surface area contributed by atoms with Gasteiger partial charge < -0.3 is 5.32 Å². The molecule has 1 fully saturated rings. The smallest absolute Gasteiger partial charge is 0.267 e. The average Bonchev–Trinajstić information content (AvgIpc) is 3.57. The molecule has 1 aliphatic rings. The number of amides is 1. The Bertz CT molecular complexity index is 1350. The summed E-state index contributed by atoms with van der Waals surface area (Å²) in [5, 5.41) is 6.28. The predicted molar refractivity (Wildman–Crippen MR) is 137 cm³/mol. The summed E-state index contributed by atoms with van der Waals surface area (Å²) in [6.45, 7) is 4.28. The summed E-state index contributed by atoms with van der Waals surface area (Å²) in [5.41, 5.74) is 3.82. The molecule has 2 aromatic carbocycles. The predicted octanol–water partition coefficient (Wildman–Crippen LogP) is 6.18. The van der Waals surface area contributed by atoms with Crippen LogP contribution in [0.25, 0.3) is 15.9 Å². The quantitative estimate of drug-likeness (QED) is 0.256. The largest absolute Gasteiger partial charge is 0.325 e. The van der Waals surface area contributed by atoms with Crippen molar-refractivity contribution < 1.29 is 4.79 Å². The second kappa shape index (κ2) is 9.15. The molecule has 0 aliphatic heterocycles. The fraction of sp³-hybridized carbons (Fsp3) is 0.269. The molecule has 5 nitrogen and oxygen atoms in total. The first-order chi connectivity index (χ1) is 16.0. The van der Waals surface area contributed by atoms with Gasteiger partial charge in [0.2, 0.25) is 5.91 Å². The molecule has 0 bridgehead atoms. The number of nitrogens with one attached hydrogen (secondary N) is 1. The van der Waals surface area contributed by atoms with Gasteiger partial charge in [-0.25, -0.2) is 4.98 Å². The van der Waals surface area contributed by atoms with Crippen LogP contribution in [-0.2, 0) is 4.79 Å². The lowest BCUT2D eigenvalue weighted by Gasteiger charge is -2.13. The first-order valence-corrected chi connectivity index (χ1v) is 13.0. The number of hydrogen-bond donors (Lipinski definition) is 1. The van der Waals surface area contributed by atoms with Crippen molar-refractivity contribution in [2.24, 2.45) is 0 Å². The number of aromatic nitrogens is 2. The molecule has 2 heterocycles. The van der Waals surface area contributed by atoms with Gasteiger partial charge in [-0.1, -0.05) is 55.9 Å². The highest BCUT2D eigenvalue weighted by Gasteiger charge is 2.29. The normalized spacial score (nSPS) is 13.5. The number of anilines is 1. The Labute approximate surface area is 200 Å². The number of fused-ring (bicyclic) bond motifs is 1. The van der Waals surface area contributed by atoms with E-state index in [0.29, 0.717) is 17.0 Å². The Morgan fingerprint density at radius 1 is 1.15 bits per heavy atom. The van der Waals surface area contributed by atoms with Crippen LogP contribution < -0.4 is 10.9 Å². The second-order valence-electron chi connectivity index (χ2n) is 8.63. The third-order valence-corrected chi connectivity index (χ3v) is 7.66. The van der Waals surface area contributed by atoms with Gasteiger partial charge in [0, 0.05) is 5.69 Å². The molecule has 4 aromatic rings. The Kier molecular flexibility index (Phi) is 6.08. The van der Waals surface area contributed by atoms with E-state index >= 15 is 0 Å². The molecule has 7 heteroatoms. The van der Waals surface area contributed by atoms with Crippen LogP contribution in [0.15, 0.2) is 69.9 Å². The zero-order valence-corrected chi connectivity index (χ0v) is 20.2. The summed E-state index contributed by atoms with van der Waals surface area (Å²) >= 11 is 2.80. The third kappa shape index (κ3) is 4.61. The number of rotatable bonds is 7. The van der Waals surface area contributed by atoms with E-state index in [1.54, 1.807) is 4.57 Å². The van der Waals surface area contributed by atoms with E-state index in [1.165, 1.54) is 28.7 Å². The molecule has 0 atom stereocenters. The lowest BCUT2D eigenvalue weighted by atomic mass is 10.0. The van der Waals surface area contributed by atoms with Gasteiger partial charge in [0.25, 0.3) is 5.56 Å². The zero-order chi connectivity index (χ0) is 22.9. The second-order valence-corrected chi connectivity index (χ2v) is 10.4. The molecular formula is C26H25N3O2S2. The Hall–Kier alpha value is -2.90. The standard InChI is InChI=1S/C26H25N3O2S2/c1-16(2)17-10-12-19(13-11-17)27-22(30)15-33-26-28-24-23(21(14-32-24)18-8-9-18)25(31)29(26)20-6-4-3-5-7-20/h3-7,10-14,16,18H,8-9,15H2,1-2H3,(H,27,30). The average molecular weight is 476 g/mol. The molecule has 33 heavy (non-hydrogen) atoms. The molecule has 2 aromatic heterocycles. The lowest BCUT2D eigenvalue weighted by molar-refractivity contribution is -0.113. The van der Waals surface area contributed by atoms with Crippen molar-refractivity contribution in [2.75, 3.05) is 11.1 Å². The van der Waals surface area contributed by atoms with Crippen LogP contribution in [-0.4, -0.2) is 21.2 Å². The number of carbonyl (C=O) groups is 1. The topological polar surface area (TPSA) is 64.0 Å². The molecule has 1 amide bonds. The van der Waals surface area contributed by atoms with Crippen LogP contribution in [0, 0.1) is 0 Å². The number of nitrogens with zero attached hydrogens (tertiary/aromatic N) is 2. The van der Waals surface area contributed by atoms with Gasteiger partial charge in [0.05, 0.1) is 16.8 Å². The van der Waals surface area contributed by atoms with Crippen molar-refractivity contribution >= 4 is 44.9 Å². The van der Waals surface area contributed by atoms with Gasteiger partial charge in [-0.3, -0.25) is 14.2 Å². The Morgan fingerprint density at radius 3 is 2.55 bits per heavy atom. The van der Waals surface area contributed by atoms with E-state index in [2.05, 4.69) is 24.5 Å². The third-order valence-electron chi connectivity index (χ3n) is 5.83. The van der Waals surface area contributed by atoms with Gasteiger partial charge in [-0.2, -0.15) is 0 Å². The van der Waals surface area contributed by atoms with Crippen LogP contribution in [0.1, 0.15) is 49.7 Å². The van der Waals surface area contributed by atoms with Crippen molar-refractivity contribution in [2.45, 2.75) is 43.7 Å². The minimum absolute atomic E-state index is 0.0541. The summed E-state index contributed by atoms with van der Waals surface area (Å²) in [5.74, 6) is 0.955. The molecule has 1 saturated carbocycles. The summed E-state index contributed by atoms with van der Waals surface area (Å²) in [6.07, 6.45) is 2.26. The van der Waals surface area contributed by atoms with Crippen LogP contribution in [0.2, 0.25) is 0 Å². The maximum atomic E-state index is 13.6. The van der Waals surface area contributed by atoms with Crippen LogP contribution in [0.5, 0.6) is 0 Å². The molecule has 0 spiro atoms.